The van der Waals surface area contributed by atoms with E-state index in [1.165, 1.54) is 38.9 Å². The summed E-state index contributed by atoms with van der Waals surface area (Å²) >= 11 is 0. The minimum atomic E-state index is -0.434. The maximum atomic E-state index is 7.33. The molecule has 0 amide bonds. The van der Waals surface area contributed by atoms with E-state index in [-0.39, 0.29) is 48.1 Å². The molecule has 0 fully saturated rings. The summed E-state index contributed by atoms with van der Waals surface area (Å²) in [6, 6.07) is 74.3. The number of aromatic nitrogens is 2. The maximum absolute atomic E-state index is 7.33. The molecule has 0 saturated carbocycles. The van der Waals surface area contributed by atoms with Crippen LogP contribution in [0.15, 0.2) is 188 Å². The van der Waals surface area contributed by atoms with Gasteiger partial charge in [0.25, 0.3) is 0 Å². The van der Waals surface area contributed by atoms with Crippen LogP contribution in [0.5, 0.6) is 11.5 Å². The average Bonchev–Trinajstić information content (AvgIpc) is 4.23. The van der Waals surface area contributed by atoms with Gasteiger partial charge >= 0.3 is 0 Å². The summed E-state index contributed by atoms with van der Waals surface area (Å²) in [7, 11) is 0. The van der Waals surface area contributed by atoms with Crippen molar-refractivity contribution in [3.63, 3.8) is 0 Å². The molecule has 11 rings (SSSR count). The van der Waals surface area contributed by atoms with Gasteiger partial charge in [0.1, 0.15) is 5.82 Å². The Balaban J connectivity index is 0.00000736. The van der Waals surface area contributed by atoms with Gasteiger partial charge in [0.2, 0.25) is 0 Å². The molecule has 0 N–H and O–H groups in total. The zero-order chi connectivity index (χ0) is 56.7. The predicted molar refractivity (Wildman–Crippen MR) is 336 cm³/mol. The molecular formula is C75H77N4OPt-3. The van der Waals surface area contributed by atoms with Gasteiger partial charge in [-0.25, -0.2) is 4.98 Å². The number of ether oxygens (including phenoxy) is 1. The van der Waals surface area contributed by atoms with Crippen molar-refractivity contribution in [1.82, 2.24) is 9.55 Å². The van der Waals surface area contributed by atoms with Crippen LogP contribution in [0.25, 0.3) is 27.6 Å². The van der Waals surface area contributed by atoms with Gasteiger partial charge in [0.15, 0.2) is 0 Å². The van der Waals surface area contributed by atoms with Crippen LogP contribution in [-0.2, 0) is 53.6 Å². The maximum Gasteiger partial charge on any atom is 0.135 e. The minimum absolute atomic E-state index is 0. The Bertz CT molecular complexity index is 3860. The molecule has 81 heavy (non-hydrogen) atoms. The van der Waals surface area contributed by atoms with Crippen LogP contribution in [0, 0.1) is 18.8 Å². The normalized spacial score (nSPS) is 13.4. The number of hydrogen-bond donors (Lipinski definition) is 0. The largest absolute Gasteiger partial charge is 0.509 e. The smallest absolute Gasteiger partial charge is 0.135 e. The molecule has 0 spiro atoms. The summed E-state index contributed by atoms with van der Waals surface area (Å²) in [6.07, 6.45) is 1.94. The zero-order valence-electron chi connectivity index (χ0n) is 50.0. The predicted octanol–water partition coefficient (Wildman–Crippen LogP) is 19.8. The van der Waals surface area contributed by atoms with Gasteiger partial charge in [-0.15, -0.1) is 53.8 Å². The molecule has 1 aliphatic rings. The molecular weight excluding hydrogens is 1170 g/mol. The summed E-state index contributed by atoms with van der Waals surface area (Å²) < 4.78 is 9.60. The van der Waals surface area contributed by atoms with Gasteiger partial charge in [0.05, 0.1) is 0 Å². The Labute approximate surface area is 497 Å². The molecule has 416 valence electrons. The third kappa shape index (κ3) is 10.7. The number of benzene rings is 8. The SMILES string of the molecule is CC(C)(C)c1cc(Oc2[c-]c3c(c(C(C)(C)c4ccccc4)c2)c2ccccc2n3-c2cc(C(C)(C)C)ccn2)[c-]c(N2[CH-]N(c3cc(C(C)(C)c4ccccc4)cc(C(C)(C)c4ccccc4)c3)c3ccc(C(C)(C)C)cc32)c1.[Pt]. The fourth-order valence-corrected chi connectivity index (χ4v) is 11.6. The molecule has 0 bridgehead atoms. The van der Waals surface area contributed by atoms with Crippen LogP contribution in [0.1, 0.15) is 154 Å². The third-order valence-corrected chi connectivity index (χ3v) is 17.1. The van der Waals surface area contributed by atoms with Crippen molar-refractivity contribution in [3.05, 3.63) is 257 Å². The van der Waals surface area contributed by atoms with E-state index in [2.05, 4.69) is 319 Å². The molecule has 0 saturated heterocycles. The van der Waals surface area contributed by atoms with E-state index >= 15 is 0 Å². The van der Waals surface area contributed by atoms with E-state index in [9.17, 15) is 0 Å². The molecule has 2 aromatic heterocycles. The van der Waals surface area contributed by atoms with Crippen molar-refractivity contribution < 1.29 is 25.8 Å². The van der Waals surface area contributed by atoms with Gasteiger partial charge in [-0.05, 0) is 108 Å². The van der Waals surface area contributed by atoms with Gasteiger partial charge in [-0.3, -0.25) is 0 Å². The molecule has 0 atom stereocenters. The Morgan fingerprint density at radius 1 is 0.420 bits per heavy atom. The molecule has 10 aromatic rings. The minimum Gasteiger partial charge on any atom is -0.509 e. The van der Waals surface area contributed by atoms with Crippen molar-refractivity contribution in [1.29, 1.82) is 0 Å². The van der Waals surface area contributed by atoms with Crippen LogP contribution >= 0.6 is 0 Å². The van der Waals surface area contributed by atoms with Crippen molar-refractivity contribution in [2.24, 2.45) is 0 Å². The number of hydrogen-bond acceptors (Lipinski definition) is 4. The van der Waals surface area contributed by atoms with Crippen LogP contribution in [0.4, 0.5) is 22.7 Å². The molecule has 8 aromatic carbocycles. The number of anilines is 4. The second-order valence-corrected chi connectivity index (χ2v) is 26.8. The number of pyridine rings is 1. The Morgan fingerprint density at radius 2 is 0.938 bits per heavy atom. The van der Waals surface area contributed by atoms with Crippen LogP contribution in [0.3, 0.4) is 0 Å². The van der Waals surface area contributed by atoms with Crippen LogP contribution in [-0.4, -0.2) is 9.55 Å². The summed E-state index contributed by atoms with van der Waals surface area (Å²) in [5, 5.41) is 2.27. The zero-order valence-corrected chi connectivity index (χ0v) is 52.3. The van der Waals surface area contributed by atoms with E-state index in [1.54, 1.807) is 0 Å². The molecule has 6 heteroatoms. The summed E-state index contributed by atoms with van der Waals surface area (Å²) in [6.45, 7) is 36.7. The monoisotopic (exact) mass is 1240 g/mol. The second-order valence-electron chi connectivity index (χ2n) is 26.8. The molecule has 0 unspecified atom stereocenters. The van der Waals surface area contributed by atoms with Crippen molar-refractivity contribution >= 4 is 44.6 Å². The van der Waals surface area contributed by atoms with Crippen LogP contribution in [0.2, 0.25) is 0 Å². The van der Waals surface area contributed by atoms with Gasteiger partial charge < -0.3 is 19.1 Å². The topological polar surface area (TPSA) is 33.5 Å². The van der Waals surface area contributed by atoms with Crippen molar-refractivity contribution in [2.75, 3.05) is 9.80 Å². The van der Waals surface area contributed by atoms with E-state index in [0.29, 0.717) is 11.5 Å². The Kier molecular flexibility index (Phi) is 14.8. The molecule has 0 aliphatic carbocycles. The molecule has 1 aliphatic heterocycles. The van der Waals surface area contributed by atoms with Gasteiger partial charge in [-0.2, -0.15) is 0 Å². The van der Waals surface area contributed by atoms with Gasteiger partial charge in [-0.1, -0.05) is 236 Å². The van der Waals surface area contributed by atoms with E-state index in [0.717, 1.165) is 61.5 Å². The Hall–Kier alpha value is -7.20. The summed E-state index contributed by atoms with van der Waals surface area (Å²) in [5.74, 6) is 2.06. The first-order valence-electron chi connectivity index (χ1n) is 28.4. The number of nitrogens with zero attached hydrogens (tertiary/aromatic N) is 4. The quantitative estimate of drug-likeness (QED) is 0.121. The standard InChI is InChI=1S/C75H77N4O.Pt/c1-70(2,3)53-35-36-65-66(44-53)78(49-77(65)58-41-56(73(10,11)50-27-19-16-20-28-50)39-57(42-58)74(12,13)51-29-21-17-22-30-51)59-40-55(72(7,8)9)43-60(46-59)80-61-47-63(75(14,15)52-31-23-18-24-32-52)69-62-33-25-26-34-64(62)79(67(69)48-61)68-45-54(37-38-76-68)71(4,5)6;/h16-45,47,49H,1-15H3;/q-3;. The van der Waals surface area contributed by atoms with E-state index in [1.807, 2.05) is 6.20 Å². The third-order valence-electron chi connectivity index (χ3n) is 17.1. The number of rotatable bonds is 11. The number of para-hydroxylation sites is 1. The first-order valence-corrected chi connectivity index (χ1v) is 28.4. The Morgan fingerprint density at radius 3 is 1.51 bits per heavy atom. The summed E-state index contributed by atoms with van der Waals surface area (Å²) in [4.78, 5) is 9.78. The van der Waals surface area contributed by atoms with Crippen molar-refractivity contribution in [2.45, 2.75) is 136 Å². The molecule has 0 radical (unpaired) electrons. The average molecular weight is 1250 g/mol. The fraction of sp³-hybridized carbons (Fsp3) is 0.280. The first kappa shape index (κ1) is 57.0. The summed E-state index contributed by atoms with van der Waals surface area (Å²) in [5.41, 5.74) is 15.6. The fourth-order valence-electron chi connectivity index (χ4n) is 11.6. The van der Waals surface area contributed by atoms with Crippen molar-refractivity contribution in [3.8, 4) is 17.3 Å². The first-order chi connectivity index (χ1) is 37.8. The molecule has 3 heterocycles. The van der Waals surface area contributed by atoms with Gasteiger partial charge in [0, 0.05) is 72.2 Å². The van der Waals surface area contributed by atoms with Crippen LogP contribution < -0.4 is 14.5 Å². The van der Waals surface area contributed by atoms with E-state index < -0.39 is 5.41 Å². The molecule has 5 nitrogen and oxygen atoms in total. The number of fused-ring (bicyclic) bond motifs is 4. The van der Waals surface area contributed by atoms with E-state index in [4.69, 9.17) is 9.72 Å². The second kappa shape index (κ2) is 21.0.